The van der Waals surface area contributed by atoms with Crippen LogP contribution in [0.25, 0.3) is 0 Å². The molecule has 0 fully saturated rings. The number of hydrogen-bond acceptors (Lipinski definition) is 4. The average molecular weight is 270 g/mol. The van der Waals surface area contributed by atoms with Crippen molar-refractivity contribution < 1.29 is 9.76 Å². The van der Waals surface area contributed by atoms with Crippen molar-refractivity contribution >= 4 is 11.4 Å². The molecular formula is C15H14N2O3. The second-order valence-corrected chi connectivity index (χ2v) is 4.24. The summed E-state index contributed by atoms with van der Waals surface area (Å²) in [6.45, 7) is 2.15. The Morgan fingerprint density at radius 2 is 1.80 bits per heavy atom. The normalized spacial score (nSPS) is 11.2. The SMILES string of the molecule is C/C(=N\OCc1ccc([N+](=O)[O-])cc1)c1ccccc1. The maximum atomic E-state index is 10.5. The molecule has 2 rings (SSSR count). The quantitative estimate of drug-likeness (QED) is 0.474. The first-order valence-corrected chi connectivity index (χ1v) is 6.12. The van der Waals surface area contributed by atoms with Crippen LogP contribution >= 0.6 is 0 Å². The van der Waals surface area contributed by atoms with Crippen molar-refractivity contribution in [1.29, 1.82) is 0 Å². The van der Waals surface area contributed by atoms with Crippen molar-refractivity contribution in [3.8, 4) is 0 Å². The lowest BCUT2D eigenvalue weighted by molar-refractivity contribution is -0.384. The van der Waals surface area contributed by atoms with E-state index in [2.05, 4.69) is 5.16 Å². The minimum absolute atomic E-state index is 0.0673. The van der Waals surface area contributed by atoms with Gasteiger partial charge >= 0.3 is 0 Å². The van der Waals surface area contributed by atoms with Crippen molar-refractivity contribution in [2.75, 3.05) is 0 Å². The Balaban J connectivity index is 1.94. The predicted octanol–water partition coefficient (Wildman–Crippen LogP) is 3.54. The van der Waals surface area contributed by atoms with Crippen molar-refractivity contribution in [1.82, 2.24) is 0 Å². The maximum absolute atomic E-state index is 10.5. The molecule has 0 amide bonds. The standard InChI is InChI=1S/C15H14N2O3/c1-12(14-5-3-2-4-6-14)16-20-11-13-7-9-15(10-8-13)17(18)19/h2-10H,11H2,1H3/b16-12+. The second kappa shape index (κ2) is 6.47. The van der Waals surface area contributed by atoms with Crippen molar-refractivity contribution in [2.24, 2.45) is 5.16 Å². The van der Waals surface area contributed by atoms with Crippen LogP contribution in [-0.2, 0) is 11.4 Å². The Hall–Kier alpha value is -2.69. The summed E-state index contributed by atoms with van der Waals surface area (Å²) in [6, 6.07) is 15.9. The Labute approximate surface area is 116 Å². The lowest BCUT2D eigenvalue weighted by Gasteiger charge is -2.02. The number of rotatable bonds is 5. The molecule has 0 saturated carbocycles. The number of nitro groups is 1. The van der Waals surface area contributed by atoms with E-state index in [0.717, 1.165) is 16.8 Å². The smallest absolute Gasteiger partial charge is 0.269 e. The van der Waals surface area contributed by atoms with Crippen LogP contribution in [0.3, 0.4) is 0 Å². The van der Waals surface area contributed by atoms with E-state index in [1.54, 1.807) is 12.1 Å². The number of oxime groups is 1. The summed E-state index contributed by atoms with van der Waals surface area (Å²) in [5.41, 5.74) is 2.68. The van der Waals surface area contributed by atoms with Crippen molar-refractivity contribution in [2.45, 2.75) is 13.5 Å². The summed E-state index contributed by atoms with van der Waals surface area (Å²) >= 11 is 0. The molecule has 20 heavy (non-hydrogen) atoms. The molecule has 0 aliphatic rings. The molecule has 102 valence electrons. The first-order chi connectivity index (χ1) is 9.66. The molecule has 5 nitrogen and oxygen atoms in total. The molecule has 0 unspecified atom stereocenters. The van der Waals surface area contributed by atoms with E-state index < -0.39 is 4.92 Å². The number of nitrogens with zero attached hydrogens (tertiary/aromatic N) is 2. The molecule has 0 radical (unpaired) electrons. The molecule has 0 aromatic heterocycles. The van der Waals surface area contributed by atoms with Gasteiger partial charge in [0, 0.05) is 12.1 Å². The van der Waals surface area contributed by atoms with E-state index in [-0.39, 0.29) is 12.3 Å². The zero-order valence-electron chi connectivity index (χ0n) is 11.0. The van der Waals surface area contributed by atoms with Gasteiger partial charge in [0.05, 0.1) is 10.6 Å². The van der Waals surface area contributed by atoms with Gasteiger partial charge < -0.3 is 4.84 Å². The summed E-state index contributed by atoms with van der Waals surface area (Å²) in [5.74, 6) is 0. The first kappa shape index (κ1) is 13.7. The van der Waals surface area contributed by atoms with Crippen LogP contribution in [0.5, 0.6) is 0 Å². The number of benzene rings is 2. The van der Waals surface area contributed by atoms with Gasteiger partial charge in [-0.25, -0.2) is 0 Å². The minimum Gasteiger partial charge on any atom is -0.391 e. The van der Waals surface area contributed by atoms with E-state index in [1.807, 2.05) is 37.3 Å². The molecule has 2 aromatic carbocycles. The highest BCUT2D eigenvalue weighted by atomic mass is 16.6. The summed E-state index contributed by atoms with van der Waals surface area (Å²) in [7, 11) is 0. The fraction of sp³-hybridized carbons (Fsp3) is 0.133. The number of hydrogen-bond donors (Lipinski definition) is 0. The Morgan fingerprint density at radius 3 is 2.40 bits per heavy atom. The summed E-state index contributed by atoms with van der Waals surface area (Å²) in [6.07, 6.45) is 0. The van der Waals surface area contributed by atoms with Crippen LogP contribution in [0.2, 0.25) is 0 Å². The van der Waals surface area contributed by atoms with Crippen LogP contribution in [0.1, 0.15) is 18.1 Å². The third kappa shape index (κ3) is 3.65. The Morgan fingerprint density at radius 1 is 1.15 bits per heavy atom. The molecule has 0 aliphatic carbocycles. The average Bonchev–Trinajstić information content (AvgIpc) is 2.48. The molecule has 0 aliphatic heterocycles. The van der Waals surface area contributed by atoms with Crippen LogP contribution in [0.4, 0.5) is 5.69 Å². The molecule has 0 N–H and O–H groups in total. The molecule has 0 spiro atoms. The molecule has 0 heterocycles. The molecule has 0 saturated heterocycles. The lowest BCUT2D eigenvalue weighted by atomic mass is 10.1. The summed E-state index contributed by atoms with van der Waals surface area (Å²) < 4.78 is 0. The van der Waals surface area contributed by atoms with Crippen LogP contribution in [0.15, 0.2) is 59.8 Å². The molecule has 0 atom stereocenters. The topological polar surface area (TPSA) is 64.7 Å². The highest BCUT2D eigenvalue weighted by Gasteiger charge is 2.04. The summed E-state index contributed by atoms with van der Waals surface area (Å²) in [5, 5.41) is 14.6. The van der Waals surface area contributed by atoms with Gasteiger partial charge in [0.15, 0.2) is 0 Å². The van der Waals surface area contributed by atoms with E-state index >= 15 is 0 Å². The van der Waals surface area contributed by atoms with Gasteiger partial charge in [-0.1, -0.05) is 35.5 Å². The fourth-order valence-electron chi connectivity index (χ4n) is 1.65. The van der Waals surface area contributed by atoms with Gasteiger partial charge in [-0.2, -0.15) is 0 Å². The zero-order chi connectivity index (χ0) is 14.4. The molecular weight excluding hydrogens is 256 g/mol. The van der Waals surface area contributed by atoms with Gasteiger partial charge in [-0.05, 0) is 30.2 Å². The second-order valence-electron chi connectivity index (χ2n) is 4.24. The minimum atomic E-state index is -0.428. The summed E-state index contributed by atoms with van der Waals surface area (Å²) in [4.78, 5) is 15.4. The van der Waals surface area contributed by atoms with Gasteiger partial charge in [-0.15, -0.1) is 0 Å². The molecule has 0 bridgehead atoms. The lowest BCUT2D eigenvalue weighted by Crippen LogP contribution is -1.96. The third-order valence-electron chi connectivity index (χ3n) is 2.77. The maximum Gasteiger partial charge on any atom is 0.269 e. The largest absolute Gasteiger partial charge is 0.391 e. The predicted molar refractivity (Wildman–Crippen MR) is 76.5 cm³/mol. The van der Waals surface area contributed by atoms with E-state index in [9.17, 15) is 10.1 Å². The molecule has 5 heteroatoms. The van der Waals surface area contributed by atoms with Crippen molar-refractivity contribution in [3.05, 3.63) is 75.8 Å². The van der Waals surface area contributed by atoms with Gasteiger partial charge in [0.25, 0.3) is 5.69 Å². The van der Waals surface area contributed by atoms with Crippen LogP contribution in [-0.4, -0.2) is 10.6 Å². The Bertz CT molecular complexity index is 607. The van der Waals surface area contributed by atoms with E-state index in [1.165, 1.54) is 12.1 Å². The third-order valence-corrected chi connectivity index (χ3v) is 2.77. The van der Waals surface area contributed by atoms with Gasteiger partial charge in [-0.3, -0.25) is 10.1 Å². The Kier molecular flexibility index (Phi) is 4.44. The monoisotopic (exact) mass is 270 g/mol. The van der Waals surface area contributed by atoms with Crippen LogP contribution < -0.4 is 0 Å². The zero-order valence-corrected chi connectivity index (χ0v) is 11.0. The first-order valence-electron chi connectivity index (χ1n) is 6.12. The number of nitro benzene ring substituents is 1. The van der Waals surface area contributed by atoms with Crippen LogP contribution in [0, 0.1) is 10.1 Å². The molecule has 2 aromatic rings. The van der Waals surface area contributed by atoms with Gasteiger partial charge in [0.1, 0.15) is 6.61 Å². The highest BCUT2D eigenvalue weighted by molar-refractivity contribution is 5.98. The van der Waals surface area contributed by atoms with E-state index in [0.29, 0.717) is 0 Å². The highest BCUT2D eigenvalue weighted by Crippen LogP contribution is 2.12. The van der Waals surface area contributed by atoms with Gasteiger partial charge in [0.2, 0.25) is 0 Å². The van der Waals surface area contributed by atoms with Crippen molar-refractivity contribution in [3.63, 3.8) is 0 Å². The fourth-order valence-corrected chi connectivity index (χ4v) is 1.65. The van der Waals surface area contributed by atoms with E-state index in [4.69, 9.17) is 4.84 Å². The number of non-ortho nitro benzene ring substituents is 1.